The Morgan fingerprint density at radius 1 is 0.956 bits per heavy atom. The molecule has 5 N–H and O–H groups in total. The third-order valence-electron chi connectivity index (χ3n) is 13.8. The lowest BCUT2D eigenvalue weighted by Gasteiger charge is -2.38. The van der Waals surface area contributed by atoms with Gasteiger partial charge in [-0.25, -0.2) is 4.98 Å². The number of anilines is 2. The standard InChI is InChI=1S/C51H64N4O13/c1-24(2)23-54-16-18-55(19-17-54)32-21-33(57)39-35(22-32)67-48-40(52-39)36-37-44(60)30(8)47-38(36)49(62)51(10,68-47)65-20-15-34(64-11)27(5)46(66-31(9)56)29(7)43(59)28(6)42(58)25(3)13-12-14-26(4)50(63)53-41(48)45(37)61/h12-15,20-22,24-25,27-29,34,42-43,46,58-60,62H,16-19,23H2,1-11H3,(H,53,63)/t25?,27?,28?,29?,34?,42?,43?,46?,51-/m0/s1. The zero-order chi connectivity index (χ0) is 49.7. The van der Waals surface area contributed by atoms with Gasteiger partial charge in [-0.05, 0) is 25.8 Å². The monoisotopic (exact) mass is 940 g/mol. The second kappa shape index (κ2) is 19.5. The van der Waals surface area contributed by atoms with Crippen molar-refractivity contribution in [2.45, 2.75) is 99.4 Å². The number of rotatable bonds is 5. The maximum absolute atomic E-state index is 14.9. The molecule has 8 unspecified atom stereocenters. The van der Waals surface area contributed by atoms with Crippen molar-refractivity contribution in [2.75, 3.05) is 50.1 Å². The van der Waals surface area contributed by atoms with Crippen molar-refractivity contribution in [2.24, 2.45) is 29.6 Å². The number of ether oxygens (including phenoxy) is 4. The quantitative estimate of drug-likeness (QED) is 0.0966. The molecule has 3 aromatic carbocycles. The number of nitrogens with zero attached hydrogens (tertiary/aromatic N) is 3. The minimum atomic E-state index is -1.98. The number of aromatic nitrogens is 1. The Bertz CT molecular complexity index is 2900. The molecule has 7 rings (SSSR count). The van der Waals surface area contributed by atoms with E-state index in [1.807, 2.05) is 0 Å². The van der Waals surface area contributed by atoms with Gasteiger partial charge in [0.15, 0.2) is 22.4 Å². The molecule has 1 saturated heterocycles. The molecular weight excluding hydrogens is 877 g/mol. The molecule has 4 aromatic rings. The van der Waals surface area contributed by atoms with E-state index in [0.717, 1.165) is 19.6 Å². The van der Waals surface area contributed by atoms with E-state index in [9.17, 15) is 39.6 Å². The number of hydrogen-bond acceptors (Lipinski definition) is 16. The number of piperazine rings is 1. The summed E-state index contributed by atoms with van der Waals surface area (Å²) in [5, 5.41) is 49.3. The van der Waals surface area contributed by atoms with Crippen molar-refractivity contribution >= 4 is 62.0 Å². The first kappa shape index (κ1) is 49.9. The summed E-state index contributed by atoms with van der Waals surface area (Å²) in [5.41, 5.74) is -1.35. The summed E-state index contributed by atoms with van der Waals surface area (Å²) >= 11 is 0. The maximum Gasteiger partial charge on any atom is 0.307 e. The molecule has 1 aromatic heterocycles. The number of fused-ring (bicyclic) bond motifs is 2. The highest BCUT2D eigenvalue weighted by Gasteiger charge is 2.44. The number of aromatic hydroxyl groups is 1. The van der Waals surface area contributed by atoms with E-state index in [1.54, 1.807) is 45.9 Å². The van der Waals surface area contributed by atoms with E-state index in [2.05, 4.69) is 29.0 Å². The van der Waals surface area contributed by atoms with Gasteiger partial charge in [-0.1, -0.05) is 59.8 Å². The molecule has 1 fully saturated rings. The van der Waals surface area contributed by atoms with Gasteiger partial charge >= 0.3 is 11.8 Å². The fourth-order valence-electron chi connectivity index (χ4n) is 9.76. The van der Waals surface area contributed by atoms with Crippen LogP contribution in [0.5, 0.6) is 11.5 Å². The van der Waals surface area contributed by atoms with Gasteiger partial charge in [-0.15, -0.1) is 0 Å². The van der Waals surface area contributed by atoms with Crippen LogP contribution in [0, 0.1) is 36.5 Å². The number of phenolic OH excluding ortho intramolecular Hbond substituents is 1. The van der Waals surface area contributed by atoms with Crippen LogP contribution in [0.15, 0.2) is 62.3 Å². The molecule has 0 spiro atoms. The van der Waals surface area contributed by atoms with E-state index in [0.29, 0.717) is 24.7 Å². The molecule has 68 heavy (non-hydrogen) atoms. The summed E-state index contributed by atoms with van der Waals surface area (Å²) in [6.45, 7) is 20.8. The zero-order valence-electron chi connectivity index (χ0n) is 40.6. The van der Waals surface area contributed by atoms with Gasteiger partial charge in [0.25, 0.3) is 5.91 Å². The summed E-state index contributed by atoms with van der Waals surface area (Å²) in [5.74, 6) is -6.43. The Balaban J connectivity index is 1.46. The number of carbonyl (C=O) groups excluding carboxylic acids is 2. The number of amides is 1. The average Bonchev–Trinajstić information content (AvgIpc) is 3.56. The number of allylic oxidation sites excluding steroid dienone is 2. The number of hydrogen-bond donors (Lipinski definition) is 5. The molecule has 4 bridgehead atoms. The summed E-state index contributed by atoms with van der Waals surface area (Å²) in [6.07, 6.45) is 3.57. The summed E-state index contributed by atoms with van der Waals surface area (Å²) in [7, 11) is 1.45. The fourth-order valence-corrected chi connectivity index (χ4v) is 9.76. The fraction of sp³-hybridized carbons (Fsp3) is 0.510. The Hall–Kier alpha value is -6.01. The molecule has 4 heterocycles. The SMILES string of the molecule is COC1C=CO[C@@]2(C)Oc3c(C)c(O)c4c(=O)c(c5oc6cc(N7CCN(CC(C)C)CC7)cc(=O)c6nc5c4c3=C2O)NC(=O)C(C)=CC=CC(C)C(O)C(C)C(O)C(C)C(OC(C)=O)C1C. The van der Waals surface area contributed by atoms with Gasteiger partial charge in [0.1, 0.15) is 28.8 Å². The molecule has 17 heteroatoms. The van der Waals surface area contributed by atoms with Crippen molar-refractivity contribution in [1.82, 2.24) is 9.88 Å². The normalized spacial score (nSPS) is 27.8. The molecule has 17 nitrogen and oxygen atoms in total. The molecule has 0 radical (unpaired) electrons. The molecular formula is C51H64N4O13. The maximum atomic E-state index is 14.9. The van der Waals surface area contributed by atoms with Crippen molar-refractivity contribution in [1.29, 1.82) is 0 Å². The zero-order valence-corrected chi connectivity index (χ0v) is 40.6. The van der Waals surface area contributed by atoms with E-state index in [1.165, 1.54) is 59.3 Å². The van der Waals surface area contributed by atoms with Crippen LogP contribution >= 0.6 is 0 Å². The van der Waals surface area contributed by atoms with Crippen LogP contribution in [0.4, 0.5) is 11.4 Å². The number of esters is 1. The largest absolute Gasteiger partial charge is 0.507 e. The van der Waals surface area contributed by atoms with Crippen LogP contribution in [-0.2, 0) is 23.8 Å². The summed E-state index contributed by atoms with van der Waals surface area (Å²) in [4.78, 5) is 64.7. The highest BCUT2D eigenvalue weighted by molar-refractivity contribution is 6.16. The number of aliphatic hydroxyl groups is 3. The van der Waals surface area contributed by atoms with E-state index < -0.39 is 88.1 Å². The lowest BCUT2D eigenvalue weighted by Crippen LogP contribution is -2.47. The topological polar surface area (TPSA) is 231 Å². The Morgan fingerprint density at radius 3 is 2.29 bits per heavy atom. The Kier molecular flexibility index (Phi) is 14.3. The number of methoxy groups -OCH3 is 1. The Morgan fingerprint density at radius 2 is 1.65 bits per heavy atom. The lowest BCUT2D eigenvalue weighted by atomic mass is 9.78. The van der Waals surface area contributed by atoms with Gasteiger partial charge in [0, 0.05) is 112 Å². The molecule has 1 amide bonds. The minimum Gasteiger partial charge on any atom is -0.507 e. The minimum absolute atomic E-state index is 0.0390. The molecule has 9 atom stereocenters. The first-order chi connectivity index (χ1) is 32.1. The smallest absolute Gasteiger partial charge is 0.307 e. The molecule has 0 aliphatic carbocycles. The number of aliphatic hydroxyl groups excluding tert-OH is 3. The van der Waals surface area contributed by atoms with Crippen LogP contribution in [0.2, 0.25) is 0 Å². The average molecular weight is 941 g/mol. The highest BCUT2D eigenvalue weighted by atomic mass is 16.7. The van der Waals surface area contributed by atoms with Crippen molar-refractivity contribution < 1.29 is 53.4 Å². The first-order valence-corrected chi connectivity index (χ1v) is 23.2. The highest BCUT2D eigenvalue weighted by Crippen LogP contribution is 2.42. The van der Waals surface area contributed by atoms with Crippen LogP contribution in [0.3, 0.4) is 0 Å². The van der Waals surface area contributed by atoms with E-state index in [-0.39, 0.29) is 60.8 Å². The van der Waals surface area contributed by atoms with Gasteiger partial charge in [-0.3, -0.25) is 24.1 Å². The first-order valence-electron chi connectivity index (χ1n) is 23.2. The third-order valence-corrected chi connectivity index (χ3v) is 13.8. The predicted octanol–water partition coefficient (Wildman–Crippen LogP) is 5.34. The van der Waals surface area contributed by atoms with Crippen molar-refractivity contribution in [3.05, 3.63) is 79.5 Å². The molecule has 3 aliphatic rings. The van der Waals surface area contributed by atoms with Gasteiger partial charge in [0.05, 0.1) is 35.2 Å². The van der Waals surface area contributed by atoms with Crippen LogP contribution in [-0.4, -0.2) is 112 Å². The predicted molar refractivity (Wildman–Crippen MR) is 259 cm³/mol. The Labute approximate surface area is 394 Å². The number of nitrogens with one attached hydrogen (secondary N) is 1. The second-order valence-electron chi connectivity index (χ2n) is 19.2. The van der Waals surface area contributed by atoms with Crippen molar-refractivity contribution in [3.63, 3.8) is 0 Å². The van der Waals surface area contributed by atoms with E-state index >= 15 is 0 Å². The molecule has 3 aliphatic heterocycles. The number of benzene rings is 3. The van der Waals surface area contributed by atoms with Crippen LogP contribution in [0.1, 0.15) is 67.9 Å². The summed E-state index contributed by atoms with van der Waals surface area (Å²) < 4.78 is 30.5. The van der Waals surface area contributed by atoms with Gasteiger partial charge < -0.3 is 54.0 Å². The second-order valence-corrected chi connectivity index (χ2v) is 19.2. The molecule has 366 valence electrons. The number of carbonyl (C=O) groups is 2. The number of phenols is 1. The summed E-state index contributed by atoms with van der Waals surface area (Å²) in [6, 6.07) is 3.16. The molecule has 0 saturated carbocycles. The van der Waals surface area contributed by atoms with Crippen LogP contribution < -0.4 is 31.0 Å². The van der Waals surface area contributed by atoms with Gasteiger partial charge in [0.2, 0.25) is 10.9 Å². The third kappa shape index (κ3) is 9.28. The van der Waals surface area contributed by atoms with E-state index in [4.69, 9.17) is 28.3 Å². The van der Waals surface area contributed by atoms with Gasteiger partial charge in [-0.2, -0.15) is 0 Å². The van der Waals surface area contributed by atoms with Crippen molar-refractivity contribution in [3.8, 4) is 11.5 Å². The lowest BCUT2D eigenvalue weighted by molar-refractivity contribution is -0.160. The van der Waals surface area contributed by atoms with Crippen LogP contribution in [0.25, 0.3) is 38.7 Å².